The molecule has 0 aliphatic heterocycles. The zero-order valence-electron chi connectivity index (χ0n) is 9.88. The van der Waals surface area contributed by atoms with Gasteiger partial charge in [-0.3, -0.25) is 4.79 Å². The van der Waals surface area contributed by atoms with Gasteiger partial charge in [0.2, 0.25) is 0 Å². The van der Waals surface area contributed by atoms with E-state index in [9.17, 15) is 9.18 Å². The fraction of sp³-hybridized carbons (Fsp3) is 0.0769. The molecule has 0 atom stereocenters. The number of carbonyl (C=O) groups excluding carboxylic acids is 1. The summed E-state index contributed by atoms with van der Waals surface area (Å²) >= 11 is 6.29. The van der Waals surface area contributed by atoms with E-state index in [-0.39, 0.29) is 11.6 Å². The first kappa shape index (κ1) is 14.1. The van der Waals surface area contributed by atoms with Gasteiger partial charge < -0.3 is 5.32 Å². The molecule has 6 heteroatoms. The molecule has 0 aliphatic carbocycles. The Hall–Kier alpha value is -1.27. The average Bonchev–Trinajstić information content (AvgIpc) is 2.36. The fourth-order valence-corrected chi connectivity index (χ4v) is 2.30. The van der Waals surface area contributed by atoms with Gasteiger partial charge in [-0.25, -0.2) is 9.37 Å². The van der Waals surface area contributed by atoms with Crippen LogP contribution in [0.25, 0.3) is 0 Å². The van der Waals surface area contributed by atoms with Gasteiger partial charge in [-0.15, -0.1) is 0 Å². The fourth-order valence-electron chi connectivity index (χ4n) is 1.50. The number of nitrogens with zero attached hydrogens (tertiary/aromatic N) is 1. The number of hydrogen-bond acceptors (Lipinski definition) is 2. The third-order valence-corrected chi connectivity index (χ3v) is 3.51. The Morgan fingerprint density at radius 2 is 2.05 bits per heavy atom. The van der Waals surface area contributed by atoms with Crippen LogP contribution < -0.4 is 5.32 Å². The minimum atomic E-state index is -0.428. The Morgan fingerprint density at radius 1 is 1.32 bits per heavy atom. The number of aryl methyl sites for hydroxylation is 1. The lowest BCUT2D eigenvalue weighted by molar-refractivity contribution is 0.102. The van der Waals surface area contributed by atoms with Gasteiger partial charge in [0.25, 0.3) is 5.91 Å². The van der Waals surface area contributed by atoms with Crippen LogP contribution in [0, 0.1) is 12.7 Å². The first-order valence-electron chi connectivity index (χ1n) is 5.37. The van der Waals surface area contributed by atoms with E-state index in [2.05, 4.69) is 42.2 Å². The van der Waals surface area contributed by atoms with Crippen molar-refractivity contribution in [1.29, 1.82) is 0 Å². The predicted octanol–water partition coefficient (Wildman–Crippen LogP) is 4.31. The number of nitrogens with one attached hydrogen (secondary N) is 1. The van der Waals surface area contributed by atoms with Crippen molar-refractivity contribution in [1.82, 2.24) is 4.98 Å². The van der Waals surface area contributed by atoms with Crippen molar-refractivity contribution in [2.75, 3.05) is 5.32 Å². The Labute approximate surface area is 126 Å². The molecule has 19 heavy (non-hydrogen) atoms. The minimum Gasteiger partial charge on any atom is -0.320 e. The van der Waals surface area contributed by atoms with E-state index in [1.54, 1.807) is 31.2 Å². The van der Waals surface area contributed by atoms with Crippen LogP contribution in [0.4, 0.5) is 10.1 Å². The maximum atomic E-state index is 13.5. The van der Waals surface area contributed by atoms with Gasteiger partial charge >= 0.3 is 0 Å². The number of hydrogen-bond donors (Lipinski definition) is 1. The molecule has 0 saturated heterocycles. The van der Waals surface area contributed by atoms with E-state index in [4.69, 9.17) is 0 Å². The van der Waals surface area contributed by atoms with E-state index in [1.807, 2.05) is 0 Å². The Kier molecular flexibility index (Phi) is 4.31. The van der Waals surface area contributed by atoms with Gasteiger partial charge in [-0.05, 0) is 68.6 Å². The molecule has 0 bridgehead atoms. The zero-order valence-corrected chi connectivity index (χ0v) is 13.0. The lowest BCUT2D eigenvalue weighted by Crippen LogP contribution is -2.14. The molecule has 0 unspecified atom stereocenters. The van der Waals surface area contributed by atoms with E-state index < -0.39 is 5.82 Å². The summed E-state index contributed by atoms with van der Waals surface area (Å²) in [5.41, 5.74) is 1.45. The van der Waals surface area contributed by atoms with Crippen molar-refractivity contribution < 1.29 is 9.18 Å². The minimum absolute atomic E-state index is 0.261. The number of pyridine rings is 1. The van der Waals surface area contributed by atoms with E-state index >= 15 is 0 Å². The Balaban J connectivity index is 2.27. The molecule has 98 valence electrons. The van der Waals surface area contributed by atoms with Crippen molar-refractivity contribution in [3.8, 4) is 0 Å². The van der Waals surface area contributed by atoms with Crippen molar-refractivity contribution in [3.05, 3.63) is 56.5 Å². The lowest BCUT2D eigenvalue weighted by atomic mass is 10.2. The van der Waals surface area contributed by atoms with Crippen LogP contribution in [-0.4, -0.2) is 10.9 Å². The van der Waals surface area contributed by atoms with Gasteiger partial charge in [-0.1, -0.05) is 6.07 Å². The number of carbonyl (C=O) groups is 1. The molecular formula is C13H9Br2FN2O. The molecule has 1 N–H and O–H groups in total. The van der Waals surface area contributed by atoms with Crippen LogP contribution >= 0.6 is 31.9 Å². The topological polar surface area (TPSA) is 42.0 Å². The molecule has 0 aliphatic rings. The number of amides is 1. The number of rotatable bonds is 2. The van der Waals surface area contributed by atoms with Crippen LogP contribution in [0.3, 0.4) is 0 Å². The molecule has 0 spiro atoms. The van der Waals surface area contributed by atoms with Crippen LogP contribution in [-0.2, 0) is 0 Å². The van der Waals surface area contributed by atoms with Gasteiger partial charge in [0, 0.05) is 5.69 Å². The number of aromatic nitrogens is 1. The molecule has 3 nitrogen and oxygen atoms in total. The zero-order chi connectivity index (χ0) is 14.0. The highest BCUT2D eigenvalue weighted by Crippen LogP contribution is 2.24. The van der Waals surface area contributed by atoms with E-state index in [1.165, 1.54) is 6.07 Å². The monoisotopic (exact) mass is 386 g/mol. The third-order valence-electron chi connectivity index (χ3n) is 2.46. The third kappa shape index (κ3) is 3.39. The summed E-state index contributed by atoms with van der Waals surface area (Å²) < 4.78 is 14.4. The van der Waals surface area contributed by atoms with Gasteiger partial charge in [0.05, 0.1) is 4.47 Å². The smallest absolute Gasteiger partial charge is 0.274 e. The van der Waals surface area contributed by atoms with Gasteiger partial charge in [0.1, 0.15) is 16.1 Å². The highest BCUT2D eigenvalue weighted by Gasteiger charge is 2.11. The largest absolute Gasteiger partial charge is 0.320 e. The number of halogens is 3. The molecule has 2 rings (SSSR count). The molecule has 1 aromatic carbocycles. The maximum Gasteiger partial charge on any atom is 0.274 e. The lowest BCUT2D eigenvalue weighted by Gasteiger charge is -2.09. The molecule has 0 saturated carbocycles. The summed E-state index contributed by atoms with van der Waals surface area (Å²) in [5, 5.41) is 2.64. The normalized spacial score (nSPS) is 10.3. The van der Waals surface area contributed by atoms with Crippen LogP contribution in [0.5, 0.6) is 0 Å². The molecule has 1 aromatic heterocycles. The van der Waals surface area contributed by atoms with E-state index in [0.29, 0.717) is 14.8 Å². The summed E-state index contributed by atoms with van der Waals surface area (Å²) in [6, 6.07) is 7.90. The summed E-state index contributed by atoms with van der Waals surface area (Å²) in [4.78, 5) is 16.0. The molecule has 2 aromatic rings. The maximum absolute atomic E-state index is 13.5. The van der Waals surface area contributed by atoms with Crippen molar-refractivity contribution in [3.63, 3.8) is 0 Å². The predicted molar refractivity (Wildman–Crippen MR) is 78.7 cm³/mol. The highest BCUT2D eigenvalue weighted by atomic mass is 79.9. The van der Waals surface area contributed by atoms with Crippen LogP contribution in [0.2, 0.25) is 0 Å². The second kappa shape index (κ2) is 5.79. The molecule has 1 amide bonds. The molecule has 1 heterocycles. The number of benzene rings is 1. The summed E-state index contributed by atoms with van der Waals surface area (Å²) in [6.07, 6.45) is 0. The summed E-state index contributed by atoms with van der Waals surface area (Å²) in [7, 11) is 0. The molecule has 0 radical (unpaired) electrons. The van der Waals surface area contributed by atoms with Crippen molar-refractivity contribution >= 4 is 43.5 Å². The Morgan fingerprint density at radius 3 is 2.74 bits per heavy atom. The van der Waals surface area contributed by atoms with Gasteiger partial charge in [-0.2, -0.15) is 0 Å². The standard InChI is InChI=1S/C13H9Br2FN2O/c1-7-5-8(14)9(16)6-11(7)18-13(19)10-3-2-4-12(15)17-10/h2-6H,1H3,(H,18,19). The van der Waals surface area contributed by atoms with E-state index in [0.717, 1.165) is 5.56 Å². The van der Waals surface area contributed by atoms with Crippen molar-refractivity contribution in [2.24, 2.45) is 0 Å². The Bertz CT molecular complexity index is 647. The SMILES string of the molecule is Cc1cc(Br)c(F)cc1NC(=O)c1cccc(Br)n1. The molecule has 0 fully saturated rings. The quantitative estimate of drug-likeness (QED) is 0.780. The summed E-state index contributed by atoms with van der Waals surface area (Å²) in [5.74, 6) is -0.811. The van der Waals surface area contributed by atoms with Crippen molar-refractivity contribution in [2.45, 2.75) is 6.92 Å². The second-order valence-corrected chi connectivity index (χ2v) is 5.55. The average molecular weight is 388 g/mol. The summed E-state index contributed by atoms with van der Waals surface area (Å²) in [6.45, 7) is 1.79. The molecular weight excluding hydrogens is 379 g/mol. The second-order valence-electron chi connectivity index (χ2n) is 3.88. The van der Waals surface area contributed by atoms with Crippen LogP contribution in [0.1, 0.15) is 16.1 Å². The number of anilines is 1. The highest BCUT2D eigenvalue weighted by molar-refractivity contribution is 9.10. The first-order valence-corrected chi connectivity index (χ1v) is 6.95. The first-order chi connectivity index (χ1) is 8.97. The van der Waals surface area contributed by atoms with Crippen LogP contribution in [0.15, 0.2) is 39.4 Å². The van der Waals surface area contributed by atoms with Gasteiger partial charge in [0.15, 0.2) is 0 Å².